The van der Waals surface area contributed by atoms with Crippen LogP contribution in [-0.2, 0) is 16.2 Å². The predicted octanol–water partition coefficient (Wildman–Crippen LogP) is 4.48. The first kappa shape index (κ1) is 24.8. The van der Waals surface area contributed by atoms with E-state index in [-0.39, 0.29) is 17.9 Å². The van der Waals surface area contributed by atoms with E-state index in [1.165, 1.54) is 19.1 Å². The molecule has 0 spiro atoms. The molecule has 1 aliphatic heterocycles. The first-order valence-electron chi connectivity index (χ1n) is 11.7. The number of ketones is 1. The highest BCUT2D eigenvalue weighted by atomic mass is 16.5. The van der Waals surface area contributed by atoms with Gasteiger partial charge in [0.05, 0.1) is 25.8 Å². The van der Waals surface area contributed by atoms with Crippen molar-refractivity contribution in [2.24, 2.45) is 0 Å². The Morgan fingerprint density at radius 2 is 1.68 bits per heavy atom. The van der Waals surface area contributed by atoms with Gasteiger partial charge in [0.1, 0.15) is 29.6 Å². The molecule has 1 aliphatic rings. The third kappa shape index (κ3) is 4.29. The highest BCUT2D eigenvalue weighted by Crippen LogP contribution is 2.45. The Labute approximate surface area is 218 Å². The molecule has 3 aromatic carbocycles. The summed E-state index contributed by atoms with van der Waals surface area (Å²) in [5, 5.41) is 24.5. The molecule has 0 radical (unpaired) electrons. The molecule has 1 fully saturated rings. The summed E-state index contributed by atoms with van der Waals surface area (Å²) in [6.07, 6.45) is 0. The minimum Gasteiger partial charge on any atom is -0.507 e. The summed E-state index contributed by atoms with van der Waals surface area (Å²) in [4.78, 5) is 28.2. The van der Waals surface area contributed by atoms with Gasteiger partial charge in [-0.05, 0) is 42.5 Å². The summed E-state index contributed by atoms with van der Waals surface area (Å²) >= 11 is 0. The largest absolute Gasteiger partial charge is 0.507 e. The van der Waals surface area contributed by atoms with Gasteiger partial charge < -0.3 is 24.2 Å². The third-order valence-electron chi connectivity index (χ3n) is 6.40. The number of amides is 1. The van der Waals surface area contributed by atoms with Crippen LogP contribution in [0, 0.1) is 0 Å². The lowest BCUT2D eigenvalue weighted by Crippen LogP contribution is -2.29. The molecule has 1 amide bonds. The minimum atomic E-state index is -0.952. The third-order valence-corrected chi connectivity index (χ3v) is 6.40. The van der Waals surface area contributed by atoms with E-state index >= 15 is 0 Å². The molecule has 2 heterocycles. The number of carbonyl (C=O) groups excluding carboxylic acids is 2. The van der Waals surface area contributed by atoms with Gasteiger partial charge in [-0.15, -0.1) is 0 Å². The van der Waals surface area contributed by atoms with Crippen LogP contribution in [0.5, 0.6) is 11.5 Å². The number of hydrogen-bond acceptors (Lipinski definition) is 8. The number of rotatable bonds is 7. The lowest BCUT2D eigenvalue weighted by atomic mass is 9.94. The van der Waals surface area contributed by atoms with Crippen LogP contribution >= 0.6 is 0 Å². The summed E-state index contributed by atoms with van der Waals surface area (Å²) in [6, 6.07) is 21.1. The van der Waals surface area contributed by atoms with Gasteiger partial charge in [-0.1, -0.05) is 35.5 Å². The number of aliphatic hydroxyl groups is 2. The van der Waals surface area contributed by atoms with Crippen molar-refractivity contribution in [3.05, 3.63) is 101 Å². The van der Waals surface area contributed by atoms with Gasteiger partial charge in [0.15, 0.2) is 5.76 Å². The van der Waals surface area contributed by atoms with E-state index in [9.17, 15) is 19.8 Å². The van der Waals surface area contributed by atoms with Crippen LogP contribution in [0.4, 0.5) is 5.69 Å². The topological polar surface area (TPSA) is 122 Å². The maximum Gasteiger partial charge on any atom is 0.300 e. The Hall–Kier alpha value is -4.89. The van der Waals surface area contributed by atoms with Crippen LogP contribution in [0.1, 0.15) is 22.9 Å². The second kappa shape index (κ2) is 10.2. The number of Topliss-reactive ketones (excluding diaryl/α,β-unsaturated/α-hetero) is 1. The van der Waals surface area contributed by atoms with Gasteiger partial charge in [-0.3, -0.25) is 14.5 Å². The number of aliphatic hydroxyl groups excluding tert-OH is 2. The summed E-state index contributed by atoms with van der Waals surface area (Å²) in [5.41, 5.74) is 2.50. The lowest BCUT2D eigenvalue weighted by molar-refractivity contribution is -0.132. The van der Waals surface area contributed by atoms with E-state index in [2.05, 4.69) is 5.16 Å². The van der Waals surface area contributed by atoms with E-state index in [1.54, 1.807) is 78.9 Å². The van der Waals surface area contributed by atoms with E-state index in [0.717, 1.165) is 0 Å². The van der Waals surface area contributed by atoms with Crippen molar-refractivity contribution in [1.29, 1.82) is 0 Å². The van der Waals surface area contributed by atoms with Gasteiger partial charge in [-0.2, -0.15) is 0 Å². The van der Waals surface area contributed by atoms with Crippen molar-refractivity contribution < 1.29 is 33.8 Å². The van der Waals surface area contributed by atoms with Gasteiger partial charge in [0.2, 0.25) is 0 Å². The molecule has 2 N–H and O–H groups in total. The van der Waals surface area contributed by atoms with Crippen molar-refractivity contribution >= 4 is 23.1 Å². The number of para-hydroxylation sites is 1. The quantitative estimate of drug-likeness (QED) is 0.211. The first-order chi connectivity index (χ1) is 18.5. The van der Waals surface area contributed by atoms with E-state index < -0.39 is 17.7 Å². The number of hydrogen-bond donors (Lipinski definition) is 2. The molecule has 5 rings (SSSR count). The van der Waals surface area contributed by atoms with Crippen molar-refractivity contribution in [3.8, 4) is 22.8 Å². The fraction of sp³-hybridized carbons (Fsp3) is 0.138. The molecule has 9 heteroatoms. The Morgan fingerprint density at radius 1 is 0.974 bits per heavy atom. The van der Waals surface area contributed by atoms with Crippen LogP contribution in [0.25, 0.3) is 17.0 Å². The second-order valence-corrected chi connectivity index (χ2v) is 8.52. The Kier molecular flexibility index (Phi) is 6.68. The summed E-state index contributed by atoms with van der Waals surface area (Å²) < 4.78 is 15.8. The number of benzene rings is 3. The van der Waals surface area contributed by atoms with E-state index in [0.29, 0.717) is 45.3 Å². The molecule has 1 aromatic heterocycles. The average Bonchev–Trinajstić information content (AvgIpc) is 3.55. The zero-order valence-electron chi connectivity index (χ0n) is 20.6. The molecule has 0 bridgehead atoms. The lowest BCUT2D eigenvalue weighted by Gasteiger charge is -2.26. The van der Waals surface area contributed by atoms with Gasteiger partial charge in [-0.25, -0.2) is 0 Å². The highest BCUT2D eigenvalue weighted by Gasteiger charge is 2.47. The molecular weight excluding hydrogens is 488 g/mol. The van der Waals surface area contributed by atoms with Crippen molar-refractivity contribution in [2.75, 3.05) is 19.1 Å². The zero-order valence-corrected chi connectivity index (χ0v) is 20.6. The standard InChI is InChI=1S/C29H24N2O7/c1-36-20-13-9-18(10-14-20)27(33)25-26(22-5-3-4-6-24(22)37-2)31(29(35)28(25)34)19-11-7-17(8-12-19)23-15-21(16-32)38-30-23/h3-15,26,32-33H,16H2,1-2H3/b27-25-. The van der Waals surface area contributed by atoms with Crippen LogP contribution in [-0.4, -0.2) is 41.3 Å². The van der Waals surface area contributed by atoms with E-state index in [4.69, 9.17) is 14.0 Å². The molecule has 1 saturated heterocycles. The molecule has 38 heavy (non-hydrogen) atoms. The average molecular weight is 513 g/mol. The number of carbonyl (C=O) groups is 2. The second-order valence-electron chi connectivity index (χ2n) is 8.52. The first-order valence-corrected chi connectivity index (χ1v) is 11.7. The summed E-state index contributed by atoms with van der Waals surface area (Å²) in [7, 11) is 3.03. The molecular formula is C29H24N2O7. The smallest absolute Gasteiger partial charge is 0.300 e. The molecule has 192 valence electrons. The van der Waals surface area contributed by atoms with Gasteiger partial charge in [0, 0.05) is 28.4 Å². The number of nitrogens with zero attached hydrogens (tertiary/aromatic N) is 2. The molecule has 0 aliphatic carbocycles. The molecule has 1 unspecified atom stereocenters. The minimum absolute atomic E-state index is 0.0576. The maximum absolute atomic E-state index is 13.4. The maximum atomic E-state index is 13.4. The highest BCUT2D eigenvalue weighted by molar-refractivity contribution is 6.51. The van der Waals surface area contributed by atoms with Crippen molar-refractivity contribution in [1.82, 2.24) is 5.16 Å². The fourth-order valence-electron chi connectivity index (χ4n) is 4.51. The summed E-state index contributed by atoms with van der Waals surface area (Å²) in [6.45, 7) is -0.275. The predicted molar refractivity (Wildman–Crippen MR) is 139 cm³/mol. The van der Waals surface area contributed by atoms with Gasteiger partial charge >= 0.3 is 0 Å². The Bertz CT molecular complexity index is 1520. The zero-order chi connectivity index (χ0) is 26.8. The molecule has 0 saturated carbocycles. The summed E-state index contributed by atoms with van der Waals surface area (Å²) in [5.74, 6) is -0.540. The van der Waals surface area contributed by atoms with Crippen LogP contribution in [0.2, 0.25) is 0 Å². The number of anilines is 1. The normalized spacial score (nSPS) is 16.6. The molecule has 1 atom stereocenters. The Morgan fingerprint density at radius 3 is 2.32 bits per heavy atom. The SMILES string of the molecule is COc1ccc(/C(O)=C2/C(=O)C(=O)N(c3ccc(-c4cc(CO)on4)cc3)C2c2ccccc2OC)cc1. The number of aromatic nitrogens is 1. The monoisotopic (exact) mass is 512 g/mol. The van der Waals surface area contributed by atoms with Crippen LogP contribution < -0.4 is 14.4 Å². The fourth-order valence-corrected chi connectivity index (χ4v) is 4.51. The van der Waals surface area contributed by atoms with Crippen LogP contribution in [0.3, 0.4) is 0 Å². The van der Waals surface area contributed by atoms with Gasteiger partial charge in [0.25, 0.3) is 11.7 Å². The van der Waals surface area contributed by atoms with Crippen molar-refractivity contribution in [3.63, 3.8) is 0 Å². The van der Waals surface area contributed by atoms with E-state index in [1.807, 2.05) is 0 Å². The van der Waals surface area contributed by atoms with Crippen LogP contribution in [0.15, 0.2) is 89.0 Å². The Balaban J connectivity index is 1.64. The van der Waals surface area contributed by atoms with Crippen molar-refractivity contribution in [2.45, 2.75) is 12.6 Å². The number of ether oxygens (including phenoxy) is 2. The molecule has 4 aromatic rings. The molecule has 9 nitrogen and oxygen atoms in total. The number of methoxy groups -OCH3 is 2.